The SMILES string of the molecule is Cc1cc(NC(=O)c2ccncc2C#CCCO)on1. The lowest BCUT2D eigenvalue weighted by Gasteiger charge is -2.03. The Morgan fingerprint density at radius 3 is 3.10 bits per heavy atom. The van der Waals surface area contributed by atoms with Crippen LogP contribution in [0.15, 0.2) is 29.0 Å². The summed E-state index contributed by atoms with van der Waals surface area (Å²) in [5.41, 5.74) is 1.56. The van der Waals surface area contributed by atoms with E-state index in [1.807, 2.05) is 0 Å². The molecule has 2 heterocycles. The molecule has 2 aromatic heterocycles. The van der Waals surface area contributed by atoms with E-state index in [-0.39, 0.29) is 18.4 Å². The van der Waals surface area contributed by atoms with E-state index in [4.69, 9.17) is 9.63 Å². The Morgan fingerprint density at radius 1 is 1.55 bits per heavy atom. The number of carbonyl (C=O) groups is 1. The predicted molar refractivity (Wildman–Crippen MR) is 72.0 cm³/mol. The van der Waals surface area contributed by atoms with E-state index in [0.29, 0.717) is 23.2 Å². The molecule has 6 heteroatoms. The van der Waals surface area contributed by atoms with Crippen molar-refractivity contribution in [2.45, 2.75) is 13.3 Å². The van der Waals surface area contributed by atoms with Crippen LogP contribution in [0.25, 0.3) is 0 Å². The van der Waals surface area contributed by atoms with Crippen molar-refractivity contribution in [2.75, 3.05) is 11.9 Å². The molecule has 0 bridgehead atoms. The Kier molecular flexibility index (Phi) is 4.47. The van der Waals surface area contributed by atoms with Gasteiger partial charge in [0, 0.05) is 24.9 Å². The zero-order valence-electron chi connectivity index (χ0n) is 10.9. The number of nitrogens with one attached hydrogen (secondary N) is 1. The van der Waals surface area contributed by atoms with Crippen molar-refractivity contribution in [3.63, 3.8) is 0 Å². The van der Waals surface area contributed by atoms with Crippen LogP contribution in [0.4, 0.5) is 5.88 Å². The zero-order valence-corrected chi connectivity index (χ0v) is 10.9. The maximum atomic E-state index is 12.1. The van der Waals surface area contributed by atoms with E-state index in [1.165, 1.54) is 12.4 Å². The first-order chi connectivity index (χ1) is 9.70. The Labute approximate surface area is 115 Å². The van der Waals surface area contributed by atoms with Gasteiger partial charge in [0.2, 0.25) is 5.88 Å². The van der Waals surface area contributed by atoms with Gasteiger partial charge < -0.3 is 9.63 Å². The minimum Gasteiger partial charge on any atom is -0.395 e. The van der Waals surface area contributed by atoms with E-state index >= 15 is 0 Å². The summed E-state index contributed by atoms with van der Waals surface area (Å²) in [4.78, 5) is 16.1. The lowest BCUT2D eigenvalue weighted by Crippen LogP contribution is -2.13. The average Bonchev–Trinajstić information content (AvgIpc) is 2.85. The second kappa shape index (κ2) is 6.50. The van der Waals surface area contributed by atoms with E-state index in [1.54, 1.807) is 19.1 Å². The summed E-state index contributed by atoms with van der Waals surface area (Å²) in [5, 5.41) is 15.0. The normalized spacial score (nSPS) is 9.70. The molecule has 0 aliphatic carbocycles. The van der Waals surface area contributed by atoms with Crippen LogP contribution < -0.4 is 5.32 Å². The molecule has 2 aromatic rings. The second-order valence-electron chi connectivity index (χ2n) is 3.98. The van der Waals surface area contributed by atoms with Gasteiger partial charge in [-0.2, -0.15) is 0 Å². The zero-order chi connectivity index (χ0) is 14.4. The summed E-state index contributed by atoms with van der Waals surface area (Å²) in [6, 6.07) is 3.19. The fourth-order valence-corrected chi connectivity index (χ4v) is 1.51. The highest BCUT2D eigenvalue weighted by atomic mass is 16.5. The van der Waals surface area contributed by atoms with Gasteiger partial charge in [0.25, 0.3) is 5.91 Å². The maximum absolute atomic E-state index is 12.1. The van der Waals surface area contributed by atoms with E-state index in [9.17, 15) is 4.79 Å². The van der Waals surface area contributed by atoms with Gasteiger partial charge in [-0.25, -0.2) is 0 Å². The van der Waals surface area contributed by atoms with Crippen LogP contribution in [0, 0.1) is 18.8 Å². The van der Waals surface area contributed by atoms with Gasteiger partial charge in [-0.1, -0.05) is 17.0 Å². The number of amides is 1. The molecule has 0 saturated carbocycles. The molecule has 1 amide bonds. The fourth-order valence-electron chi connectivity index (χ4n) is 1.51. The van der Waals surface area contributed by atoms with Gasteiger partial charge in [0.15, 0.2) is 0 Å². The van der Waals surface area contributed by atoms with Crippen LogP contribution in [0.5, 0.6) is 0 Å². The van der Waals surface area contributed by atoms with E-state index in [2.05, 4.69) is 27.3 Å². The summed E-state index contributed by atoms with van der Waals surface area (Å²) in [5.74, 6) is 5.49. The lowest BCUT2D eigenvalue weighted by molar-refractivity contribution is 0.102. The number of hydrogen-bond acceptors (Lipinski definition) is 5. The molecule has 0 unspecified atom stereocenters. The minimum absolute atomic E-state index is 0.0217. The van der Waals surface area contributed by atoms with Crippen LogP contribution in [0.2, 0.25) is 0 Å². The molecule has 0 aliphatic rings. The molecule has 20 heavy (non-hydrogen) atoms. The van der Waals surface area contributed by atoms with E-state index in [0.717, 1.165) is 0 Å². The second-order valence-corrected chi connectivity index (χ2v) is 3.98. The Morgan fingerprint density at radius 2 is 2.40 bits per heavy atom. The maximum Gasteiger partial charge on any atom is 0.259 e. The summed E-state index contributed by atoms with van der Waals surface area (Å²) in [6.45, 7) is 1.74. The number of hydrogen-bond donors (Lipinski definition) is 2. The van der Waals surface area contributed by atoms with E-state index < -0.39 is 0 Å². The number of aryl methyl sites for hydroxylation is 1. The first kappa shape index (κ1) is 13.8. The molecule has 0 fully saturated rings. The highest BCUT2D eigenvalue weighted by Gasteiger charge is 2.12. The van der Waals surface area contributed by atoms with Crippen molar-refractivity contribution in [1.29, 1.82) is 0 Å². The summed E-state index contributed by atoms with van der Waals surface area (Å²) in [7, 11) is 0. The first-order valence-electron chi connectivity index (χ1n) is 5.99. The van der Waals surface area contributed by atoms with Crippen molar-refractivity contribution in [3.05, 3.63) is 41.3 Å². The molecule has 2 N–H and O–H groups in total. The van der Waals surface area contributed by atoms with Crippen molar-refractivity contribution in [2.24, 2.45) is 0 Å². The first-order valence-corrected chi connectivity index (χ1v) is 5.99. The molecule has 0 radical (unpaired) electrons. The summed E-state index contributed by atoms with van der Waals surface area (Å²) < 4.78 is 4.93. The van der Waals surface area contributed by atoms with Gasteiger partial charge in [-0.3, -0.25) is 15.1 Å². The third kappa shape index (κ3) is 3.43. The molecule has 0 aliphatic heterocycles. The predicted octanol–water partition coefficient (Wildman–Crippen LogP) is 1.36. The highest BCUT2D eigenvalue weighted by molar-refractivity contribution is 6.05. The molecular formula is C14H13N3O3. The standard InChI is InChI=1S/C14H13N3O3/c1-10-8-13(20-17-10)16-14(19)12-5-6-15-9-11(12)4-2-3-7-18/h5-6,8-9,18H,3,7H2,1H3,(H,16,19). The van der Waals surface area contributed by atoms with Gasteiger partial charge in [0.1, 0.15) is 0 Å². The molecule has 0 saturated heterocycles. The third-order valence-electron chi connectivity index (χ3n) is 2.39. The lowest BCUT2D eigenvalue weighted by atomic mass is 10.1. The Hall–Kier alpha value is -2.65. The smallest absolute Gasteiger partial charge is 0.259 e. The average molecular weight is 271 g/mol. The number of aliphatic hydroxyl groups is 1. The number of nitrogens with zero attached hydrogens (tertiary/aromatic N) is 2. The largest absolute Gasteiger partial charge is 0.395 e. The minimum atomic E-state index is -0.350. The Balaban J connectivity index is 2.19. The molecule has 0 atom stereocenters. The number of rotatable bonds is 3. The summed E-state index contributed by atoms with van der Waals surface area (Å²) >= 11 is 0. The van der Waals surface area contributed by atoms with Gasteiger partial charge in [-0.15, -0.1) is 0 Å². The molecule has 0 aromatic carbocycles. The number of anilines is 1. The molecular weight excluding hydrogens is 258 g/mol. The third-order valence-corrected chi connectivity index (χ3v) is 2.39. The molecule has 0 spiro atoms. The van der Waals surface area contributed by atoms with Gasteiger partial charge in [-0.05, 0) is 13.0 Å². The van der Waals surface area contributed by atoms with Crippen molar-refractivity contribution >= 4 is 11.8 Å². The number of carbonyl (C=O) groups excluding carboxylic acids is 1. The van der Waals surface area contributed by atoms with Crippen molar-refractivity contribution < 1.29 is 14.4 Å². The topological polar surface area (TPSA) is 88.2 Å². The quantitative estimate of drug-likeness (QED) is 0.823. The van der Waals surface area contributed by atoms with Crippen molar-refractivity contribution in [3.8, 4) is 11.8 Å². The number of aliphatic hydroxyl groups excluding tert-OH is 1. The Bertz CT molecular complexity index is 668. The van der Waals surface area contributed by atoms with Crippen LogP contribution >= 0.6 is 0 Å². The number of pyridine rings is 1. The fraction of sp³-hybridized carbons (Fsp3) is 0.214. The molecule has 6 nitrogen and oxygen atoms in total. The van der Waals surface area contributed by atoms with Crippen molar-refractivity contribution in [1.82, 2.24) is 10.1 Å². The van der Waals surface area contributed by atoms with Gasteiger partial charge >= 0.3 is 0 Å². The van der Waals surface area contributed by atoms with Crippen LogP contribution in [-0.2, 0) is 0 Å². The van der Waals surface area contributed by atoms with Crippen LogP contribution in [-0.4, -0.2) is 27.8 Å². The van der Waals surface area contributed by atoms with Crippen LogP contribution in [0.3, 0.4) is 0 Å². The number of aromatic nitrogens is 2. The summed E-state index contributed by atoms with van der Waals surface area (Å²) in [6.07, 6.45) is 3.36. The molecule has 2 rings (SSSR count). The highest BCUT2D eigenvalue weighted by Crippen LogP contribution is 2.12. The molecule has 102 valence electrons. The van der Waals surface area contributed by atoms with Crippen LogP contribution in [0.1, 0.15) is 28.0 Å². The monoisotopic (exact) mass is 271 g/mol. The van der Waals surface area contributed by atoms with Gasteiger partial charge in [0.05, 0.1) is 23.4 Å².